The number of fused-ring (bicyclic) bond motifs is 3. The summed E-state index contributed by atoms with van der Waals surface area (Å²) in [4.78, 5) is 31.6. The van der Waals surface area contributed by atoms with Crippen LogP contribution in [0.25, 0.3) is 5.65 Å². The third-order valence-corrected chi connectivity index (χ3v) is 9.83. The van der Waals surface area contributed by atoms with E-state index in [0.717, 1.165) is 79.1 Å². The average Bonchev–Trinajstić information content (AvgIpc) is 3.57. The maximum atomic E-state index is 14.2. The highest BCUT2D eigenvalue weighted by Gasteiger charge is 2.42. The number of pyridine rings is 1. The normalized spacial score (nSPS) is 25.6. The van der Waals surface area contributed by atoms with Crippen LogP contribution in [0, 0.1) is 13.8 Å². The Morgan fingerprint density at radius 3 is 2.83 bits per heavy atom. The van der Waals surface area contributed by atoms with E-state index in [2.05, 4.69) is 70.9 Å². The van der Waals surface area contributed by atoms with Crippen molar-refractivity contribution in [1.29, 1.82) is 0 Å². The molecule has 3 aromatic rings. The number of ether oxygens (including phenoxy) is 1. The van der Waals surface area contributed by atoms with Crippen LogP contribution in [0.15, 0.2) is 12.4 Å². The van der Waals surface area contributed by atoms with E-state index < -0.39 is 0 Å². The number of anilines is 1. The first-order valence-electron chi connectivity index (χ1n) is 14.5. The first kappa shape index (κ1) is 27.7. The Morgan fingerprint density at radius 2 is 2.08 bits per heavy atom. The highest BCUT2D eigenvalue weighted by atomic mass is 32.1. The Kier molecular flexibility index (Phi) is 7.45. The summed E-state index contributed by atoms with van der Waals surface area (Å²) in [5.74, 6) is 0.149. The van der Waals surface area contributed by atoms with Gasteiger partial charge in [-0.25, -0.2) is 14.5 Å². The van der Waals surface area contributed by atoms with Gasteiger partial charge in [-0.1, -0.05) is 13.8 Å². The van der Waals surface area contributed by atoms with Crippen LogP contribution in [-0.2, 0) is 21.4 Å². The smallest absolute Gasteiger partial charge is 0.241 e. The Hall–Kier alpha value is -2.44. The van der Waals surface area contributed by atoms with Crippen molar-refractivity contribution in [3.63, 3.8) is 0 Å². The summed E-state index contributed by atoms with van der Waals surface area (Å²) in [6.07, 6.45) is 2.36. The highest BCUT2D eigenvalue weighted by molar-refractivity contribution is 7.11. The van der Waals surface area contributed by atoms with Gasteiger partial charge in [0.2, 0.25) is 5.91 Å². The predicted molar refractivity (Wildman–Crippen MR) is 157 cm³/mol. The number of piperazine rings is 1. The molecule has 0 saturated carbocycles. The van der Waals surface area contributed by atoms with E-state index in [-0.39, 0.29) is 17.4 Å². The van der Waals surface area contributed by atoms with Gasteiger partial charge in [-0.05, 0) is 33.8 Å². The second-order valence-corrected chi connectivity index (χ2v) is 13.8. The molecule has 0 aromatic carbocycles. The number of morpholine rings is 1. The fraction of sp³-hybridized carbons (Fsp3) is 0.655. The second-order valence-electron chi connectivity index (χ2n) is 12.5. The number of aromatic nitrogens is 4. The quantitative estimate of drug-likeness (QED) is 0.487. The Balaban J connectivity index is 1.29. The summed E-state index contributed by atoms with van der Waals surface area (Å²) in [5.41, 5.74) is 4.77. The molecule has 2 fully saturated rings. The maximum absolute atomic E-state index is 14.2. The van der Waals surface area contributed by atoms with Crippen molar-refractivity contribution < 1.29 is 9.53 Å². The Morgan fingerprint density at radius 1 is 1.25 bits per heavy atom. The summed E-state index contributed by atoms with van der Waals surface area (Å²) in [6, 6.07) is 3.21. The average molecular weight is 567 g/mol. The summed E-state index contributed by atoms with van der Waals surface area (Å²) in [6.45, 7) is 19.2. The van der Waals surface area contributed by atoms with Crippen molar-refractivity contribution >= 4 is 28.6 Å². The number of nitrogens with one attached hydrogen (secondary N) is 1. The lowest BCUT2D eigenvalue weighted by molar-refractivity contribution is -0.121. The summed E-state index contributed by atoms with van der Waals surface area (Å²) in [7, 11) is 0. The molecule has 1 amide bonds. The number of amides is 1. The number of carbonyl (C=O) groups excluding carboxylic acids is 1. The number of nitrogens with zero attached hydrogens (tertiary/aromatic N) is 7. The molecule has 1 N–H and O–H groups in total. The van der Waals surface area contributed by atoms with Gasteiger partial charge in [0.15, 0.2) is 5.65 Å². The number of hydrogen-bond acceptors (Lipinski definition) is 9. The summed E-state index contributed by atoms with van der Waals surface area (Å²) < 4.78 is 7.63. The van der Waals surface area contributed by atoms with E-state index in [0.29, 0.717) is 25.2 Å². The van der Waals surface area contributed by atoms with Crippen LogP contribution in [0.3, 0.4) is 0 Å². The lowest BCUT2D eigenvalue weighted by atomic mass is 9.91. The number of aryl methyl sites for hydroxylation is 2. The number of carbonyl (C=O) groups is 1. The van der Waals surface area contributed by atoms with E-state index in [4.69, 9.17) is 4.74 Å². The van der Waals surface area contributed by atoms with Crippen molar-refractivity contribution in [2.75, 3.05) is 57.4 Å². The van der Waals surface area contributed by atoms with Crippen LogP contribution in [-0.4, -0.2) is 106 Å². The third-order valence-electron chi connectivity index (χ3n) is 8.75. The molecule has 216 valence electrons. The first-order chi connectivity index (χ1) is 19.1. The molecule has 3 aliphatic rings. The maximum Gasteiger partial charge on any atom is 0.241 e. The molecule has 10 nitrogen and oxygen atoms in total. The van der Waals surface area contributed by atoms with Crippen molar-refractivity contribution in [2.45, 2.75) is 71.5 Å². The van der Waals surface area contributed by atoms with Crippen LogP contribution < -0.4 is 10.2 Å². The Bertz CT molecular complexity index is 1400. The minimum atomic E-state index is -0.244. The van der Waals surface area contributed by atoms with Gasteiger partial charge in [0.25, 0.3) is 0 Å². The van der Waals surface area contributed by atoms with Crippen LogP contribution in [0.4, 0.5) is 5.69 Å². The molecule has 3 aromatic heterocycles. The van der Waals surface area contributed by atoms with E-state index in [1.54, 1.807) is 17.7 Å². The van der Waals surface area contributed by atoms with Crippen molar-refractivity contribution in [3.05, 3.63) is 39.2 Å². The zero-order chi connectivity index (χ0) is 28.2. The van der Waals surface area contributed by atoms with E-state index in [1.807, 2.05) is 16.3 Å². The van der Waals surface area contributed by atoms with Crippen LogP contribution >= 0.6 is 11.3 Å². The molecule has 6 rings (SSSR count). The monoisotopic (exact) mass is 566 g/mol. The molecule has 40 heavy (non-hydrogen) atoms. The topological polar surface area (TPSA) is 91.1 Å². The highest BCUT2D eigenvalue weighted by Crippen LogP contribution is 2.42. The fourth-order valence-electron chi connectivity index (χ4n) is 6.66. The van der Waals surface area contributed by atoms with Crippen molar-refractivity contribution in [1.82, 2.24) is 34.7 Å². The van der Waals surface area contributed by atoms with Gasteiger partial charge in [-0.2, -0.15) is 5.10 Å². The van der Waals surface area contributed by atoms with E-state index >= 15 is 0 Å². The number of rotatable bonds is 6. The molecule has 0 bridgehead atoms. The molecular formula is C29H42N8O2S. The zero-order valence-electron chi connectivity index (χ0n) is 24.6. The fourth-order valence-corrected chi connectivity index (χ4v) is 7.62. The van der Waals surface area contributed by atoms with E-state index in [9.17, 15) is 4.79 Å². The van der Waals surface area contributed by atoms with Gasteiger partial charge < -0.3 is 15.0 Å². The van der Waals surface area contributed by atoms with Gasteiger partial charge in [-0.3, -0.25) is 14.6 Å². The van der Waals surface area contributed by atoms with Crippen LogP contribution in [0.2, 0.25) is 0 Å². The molecule has 6 heterocycles. The summed E-state index contributed by atoms with van der Waals surface area (Å²) >= 11 is 1.72. The van der Waals surface area contributed by atoms with Crippen molar-refractivity contribution in [2.24, 2.45) is 0 Å². The molecule has 0 radical (unpaired) electrons. The molecule has 0 unspecified atom stereocenters. The molecule has 11 heteroatoms. The largest absolute Gasteiger partial charge is 0.379 e. The van der Waals surface area contributed by atoms with Gasteiger partial charge in [0.05, 0.1) is 41.8 Å². The molecule has 3 aliphatic heterocycles. The van der Waals surface area contributed by atoms with Gasteiger partial charge >= 0.3 is 0 Å². The molecule has 2 saturated heterocycles. The number of thiazole rings is 1. The van der Waals surface area contributed by atoms with Gasteiger partial charge in [0, 0.05) is 73.1 Å². The SMILES string of the molecule is Cc1nc(C)c(Cc2cc3c(n4ncnc24)C(C)(C)CN3C(=O)CN2C[C@@H](C)NC[C@@H]2CN2CCOC[C@H]2C)s1. The standard InChI is InChI=1S/C29H42N8O2S/c1-18-12-35(23(11-30-18)13-34-7-8-39-15-19(34)2)14-26(38)36-16-29(5,6)27-24(36)9-22(28-31-17-32-37(27)28)10-25-20(3)33-21(4)40-25/h9,17-19,23,30H,7-8,10-16H2,1-6H3/t18-,19-,23-/m1/s1. The van der Waals surface area contributed by atoms with Crippen LogP contribution in [0.1, 0.15) is 54.5 Å². The molecule has 0 aliphatic carbocycles. The summed E-state index contributed by atoms with van der Waals surface area (Å²) in [5, 5.41) is 9.35. The van der Waals surface area contributed by atoms with E-state index in [1.165, 1.54) is 4.88 Å². The molecular weight excluding hydrogens is 524 g/mol. The van der Waals surface area contributed by atoms with Gasteiger partial charge in [-0.15, -0.1) is 11.3 Å². The Labute approximate surface area is 240 Å². The third kappa shape index (κ3) is 5.18. The second kappa shape index (κ2) is 10.8. The first-order valence-corrected chi connectivity index (χ1v) is 15.3. The van der Waals surface area contributed by atoms with Gasteiger partial charge in [0.1, 0.15) is 6.33 Å². The van der Waals surface area contributed by atoms with Crippen LogP contribution in [0.5, 0.6) is 0 Å². The number of hydrogen-bond donors (Lipinski definition) is 1. The minimum Gasteiger partial charge on any atom is -0.379 e. The minimum absolute atomic E-state index is 0.149. The zero-order valence-corrected chi connectivity index (χ0v) is 25.4. The predicted octanol–water partition coefficient (Wildman–Crippen LogP) is 2.40. The molecule has 3 atom stereocenters. The molecule has 0 spiro atoms. The van der Waals surface area contributed by atoms with Crippen molar-refractivity contribution in [3.8, 4) is 0 Å². The lowest BCUT2D eigenvalue weighted by Crippen LogP contribution is -2.62. The lowest BCUT2D eigenvalue weighted by Gasteiger charge is -2.43.